The Bertz CT molecular complexity index is 318. The van der Waals surface area contributed by atoms with Gasteiger partial charge < -0.3 is 15.7 Å². The summed E-state index contributed by atoms with van der Waals surface area (Å²) in [5, 5.41) is 11.9. The molecule has 0 radical (unpaired) electrons. The van der Waals surface area contributed by atoms with Gasteiger partial charge in [0.1, 0.15) is 6.17 Å². The van der Waals surface area contributed by atoms with Crippen molar-refractivity contribution in [1.82, 2.24) is 10.2 Å². The Morgan fingerprint density at radius 2 is 2.33 bits per heavy atom. The van der Waals surface area contributed by atoms with E-state index in [0.29, 0.717) is 19.4 Å². The lowest BCUT2D eigenvalue weighted by Crippen LogP contribution is -2.50. The number of hydrogen-bond acceptors (Lipinski definition) is 4. The number of nitrogens with zero attached hydrogens (tertiary/aromatic N) is 1. The Morgan fingerprint density at radius 3 is 2.87 bits per heavy atom. The van der Waals surface area contributed by atoms with E-state index in [-0.39, 0.29) is 12.1 Å². The number of piperidine rings is 1. The molecule has 0 aromatic heterocycles. The maximum atomic E-state index is 11.7. The monoisotopic (exact) mass is 213 g/mol. The van der Waals surface area contributed by atoms with Crippen LogP contribution in [0.1, 0.15) is 19.8 Å². The molecule has 15 heavy (non-hydrogen) atoms. The molecule has 0 saturated carbocycles. The van der Waals surface area contributed by atoms with Crippen LogP contribution in [0.5, 0.6) is 0 Å². The average Bonchev–Trinajstić information content (AvgIpc) is 2.91. The summed E-state index contributed by atoms with van der Waals surface area (Å²) in [6.45, 7) is 2.20. The van der Waals surface area contributed by atoms with Gasteiger partial charge in [-0.15, -0.1) is 0 Å². The Balaban J connectivity index is 2.12. The molecule has 0 spiro atoms. The second-order valence-corrected chi connectivity index (χ2v) is 4.25. The van der Waals surface area contributed by atoms with E-state index in [0.717, 1.165) is 0 Å². The van der Waals surface area contributed by atoms with Crippen LogP contribution >= 0.6 is 0 Å². The van der Waals surface area contributed by atoms with E-state index >= 15 is 0 Å². The Hall–Kier alpha value is -1.14. The number of carbonyl (C=O) groups excluding carboxylic acids is 1. The zero-order valence-electron chi connectivity index (χ0n) is 8.56. The summed E-state index contributed by atoms with van der Waals surface area (Å²) < 4.78 is 0. The van der Waals surface area contributed by atoms with Gasteiger partial charge in [0.15, 0.2) is 5.54 Å². The van der Waals surface area contributed by atoms with E-state index in [1.54, 1.807) is 11.8 Å². The standard InChI is InChI=1S/C9H15N3O3/c1-5(10)6(13)12-4-2-3-9(8(14)15)7(12)11-9/h5,7,11H,2-4,10H2,1H3,(H,14,15)/t5?,7?,9-/m1/s1. The van der Waals surface area contributed by atoms with Crippen LogP contribution in [0.2, 0.25) is 0 Å². The first-order valence-electron chi connectivity index (χ1n) is 5.06. The highest BCUT2D eigenvalue weighted by molar-refractivity contribution is 5.88. The number of carboxylic acids is 1. The molecule has 3 atom stereocenters. The van der Waals surface area contributed by atoms with Crippen molar-refractivity contribution in [3.63, 3.8) is 0 Å². The second-order valence-electron chi connectivity index (χ2n) is 4.25. The fourth-order valence-corrected chi connectivity index (χ4v) is 2.20. The number of carbonyl (C=O) groups is 2. The molecule has 6 heteroatoms. The first-order valence-corrected chi connectivity index (χ1v) is 5.06. The first kappa shape index (κ1) is 10.4. The molecule has 6 nitrogen and oxygen atoms in total. The number of aliphatic carboxylic acids is 1. The van der Waals surface area contributed by atoms with Crippen molar-refractivity contribution in [2.45, 2.75) is 37.5 Å². The molecule has 0 aromatic rings. The number of rotatable bonds is 2. The molecule has 0 bridgehead atoms. The average molecular weight is 213 g/mol. The molecular formula is C9H15N3O3. The third-order valence-corrected chi connectivity index (χ3v) is 3.11. The Morgan fingerprint density at radius 1 is 1.67 bits per heavy atom. The second kappa shape index (κ2) is 3.18. The van der Waals surface area contributed by atoms with Gasteiger partial charge in [0, 0.05) is 6.54 Å². The lowest BCUT2D eigenvalue weighted by molar-refractivity contribution is -0.142. The van der Waals surface area contributed by atoms with Crippen molar-refractivity contribution in [3.8, 4) is 0 Å². The summed E-state index contributed by atoms with van der Waals surface area (Å²) in [6, 6.07) is -0.572. The van der Waals surface area contributed by atoms with Crippen LogP contribution in [-0.2, 0) is 9.59 Å². The lowest BCUT2D eigenvalue weighted by atomic mass is 9.97. The number of hydrogen-bond donors (Lipinski definition) is 3. The molecule has 2 rings (SSSR count). The zero-order chi connectivity index (χ0) is 11.2. The van der Waals surface area contributed by atoms with E-state index in [9.17, 15) is 9.59 Å². The third kappa shape index (κ3) is 1.40. The molecule has 4 N–H and O–H groups in total. The summed E-state index contributed by atoms with van der Waals surface area (Å²) in [5.41, 5.74) is 4.60. The molecule has 2 aliphatic rings. The third-order valence-electron chi connectivity index (χ3n) is 3.11. The predicted octanol–water partition coefficient (Wildman–Crippen LogP) is -1.29. The predicted molar refractivity (Wildman–Crippen MR) is 51.9 cm³/mol. The molecule has 84 valence electrons. The minimum Gasteiger partial charge on any atom is -0.480 e. The van der Waals surface area contributed by atoms with Crippen molar-refractivity contribution in [2.75, 3.05) is 6.54 Å². The highest BCUT2D eigenvalue weighted by atomic mass is 16.4. The Kier molecular flexibility index (Phi) is 2.20. The quantitative estimate of drug-likeness (QED) is 0.495. The fraction of sp³-hybridized carbons (Fsp3) is 0.778. The summed E-state index contributed by atoms with van der Waals surface area (Å²) in [6.07, 6.45) is 0.923. The molecule has 1 amide bonds. The van der Waals surface area contributed by atoms with Crippen LogP contribution in [0, 0.1) is 0 Å². The van der Waals surface area contributed by atoms with Gasteiger partial charge >= 0.3 is 5.97 Å². The number of nitrogens with two attached hydrogens (primary N) is 1. The largest absolute Gasteiger partial charge is 0.480 e. The molecular weight excluding hydrogens is 198 g/mol. The number of likely N-dealkylation sites (tertiary alicyclic amines) is 1. The van der Waals surface area contributed by atoms with E-state index in [4.69, 9.17) is 10.8 Å². The van der Waals surface area contributed by atoms with Gasteiger partial charge in [0.2, 0.25) is 5.91 Å². The molecule has 2 heterocycles. The molecule has 0 aliphatic carbocycles. The number of amides is 1. The van der Waals surface area contributed by atoms with Gasteiger partial charge in [-0.2, -0.15) is 0 Å². The van der Waals surface area contributed by atoms with Gasteiger partial charge in [-0.25, -0.2) is 0 Å². The summed E-state index contributed by atoms with van der Waals surface area (Å²) in [7, 11) is 0. The molecule has 2 aliphatic heterocycles. The highest BCUT2D eigenvalue weighted by Crippen LogP contribution is 2.38. The van der Waals surface area contributed by atoms with Gasteiger partial charge in [-0.05, 0) is 19.8 Å². The first-order chi connectivity index (χ1) is 6.99. The maximum absolute atomic E-state index is 11.7. The summed E-state index contributed by atoms with van der Waals surface area (Å²) in [5.74, 6) is -1.06. The normalized spacial score (nSPS) is 35.6. The Labute approximate surface area is 87.4 Å². The summed E-state index contributed by atoms with van der Waals surface area (Å²) >= 11 is 0. The number of fused-ring (bicyclic) bond motifs is 1. The van der Waals surface area contributed by atoms with Crippen molar-refractivity contribution < 1.29 is 14.7 Å². The van der Waals surface area contributed by atoms with Gasteiger partial charge in [-0.1, -0.05) is 0 Å². The highest BCUT2D eigenvalue weighted by Gasteiger charge is 2.65. The minimum absolute atomic E-state index is 0.185. The van der Waals surface area contributed by atoms with Gasteiger partial charge in [0.25, 0.3) is 0 Å². The lowest BCUT2D eigenvalue weighted by Gasteiger charge is -2.29. The molecule has 2 fully saturated rings. The maximum Gasteiger partial charge on any atom is 0.327 e. The number of nitrogens with one attached hydrogen (secondary N) is 1. The number of carboxylic acid groups (broad SMARTS) is 1. The van der Waals surface area contributed by atoms with Gasteiger partial charge in [-0.3, -0.25) is 14.9 Å². The van der Waals surface area contributed by atoms with Crippen LogP contribution in [0.25, 0.3) is 0 Å². The van der Waals surface area contributed by atoms with Crippen LogP contribution in [-0.4, -0.2) is 46.2 Å². The van der Waals surface area contributed by atoms with Crippen molar-refractivity contribution in [2.24, 2.45) is 5.73 Å². The molecule has 2 unspecified atom stereocenters. The summed E-state index contributed by atoms with van der Waals surface area (Å²) in [4.78, 5) is 24.2. The van der Waals surface area contributed by atoms with E-state index in [2.05, 4.69) is 5.32 Å². The minimum atomic E-state index is -0.900. The van der Waals surface area contributed by atoms with E-state index < -0.39 is 17.6 Å². The van der Waals surface area contributed by atoms with E-state index in [1.165, 1.54) is 0 Å². The zero-order valence-corrected chi connectivity index (χ0v) is 8.56. The smallest absolute Gasteiger partial charge is 0.327 e. The molecule has 2 saturated heterocycles. The topological polar surface area (TPSA) is 106 Å². The van der Waals surface area contributed by atoms with Crippen LogP contribution in [0.15, 0.2) is 0 Å². The van der Waals surface area contributed by atoms with Crippen molar-refractivity contribution in [3.05, 3.63) is 0 Å². The van der Waals surface area contributed by atoms with Crippen LogP contribution in [0.4, 0.5) is 0 Å². The van der Waals surface area contributed by atoms with Gasteiger partial charge in [0.05, 0.1) is 6.04 Å². The van der Waals surface area contributed by atoms with Crippen LogP contribution in [0.3, 0.4) is 0 Å². The van der Waals surface area contributed by atoms with E-state index in [1.807, 2.05) is 0 Å². The van der Waals surface area contributed by atoms with Crippen molar-refractivity contribution >= 4 is 11.9 Å². The van der Waals surface area contributed by atoms with Crippen molar-refractivity contribution in [1.29, 1.82) is 0 Å². The SMILES string of the molecule is CC(N)C(=O)N1CCC[C@@]2(C(=O)O)NC12. The molecule has 0 aromatic carbocycles. The van der Waals surface area contributed by atoms with Crippen LogP contribution < -0.4 is 11.1 Å². The fourth-order valence-electron chi connectivity index (χ4n) is 2.20.